The molecule has 0 saturated carbocycles. The molecule has 5 nitrogen and oxygen atoms in total. The van der Waals surface area contributed by atoms with Gasteiger partial charge in [0, 0.05) is 11.6 Å². The highest BCUT2D eigenvalue weighted by Gasteiger charge is 2.10. The molecule has 1 heterocycles. The Morgan fingerprint density at radius 3 is 2.50 bits per heavy atom. The molecule has 0 saturated heterocycles. The summed E-state index contributed by atoms with van der Waals surface area (Å²) in [6.07, 6.45) is 0. The molecule has 0 radical (unpaired) electrons. The number of rotatable bonds is 4. The lowest BCUT2D eigenvalue weighted by molar-refractivity contribution is -0.144. The Kier molecular flexibility index (Phi) is 4.75. The minimum atomic E-state index is -0.467. The number of benzene rings is 1. The van der Waals surface area contributed by atoms with Crippen LogP contribution in [0.4, 0.5) is 0 Å². The Labute approximate surface area is 129 Å². The van der Waals surface area contributed by atoms with E-state index in [2.05, 4.69) is 18.1 Å². The molecule has 0 spiro atoms. The Morgan fingerprint density at radius 2 is 1.82 bits per heavy atom. The molecule has 0 aliphatic heterocycles. The lowest BCUT2D eigenvalue weighted by atomic mass is 9.99. The fourth-order valence-electron chi connectivity index (χ4n) is 2.27. The SMILES string of the molecule is CCOC(=O)Cn1nc(-c2cc(C)c(C)cc2C)ccc1=O. The molecule has 1 aromatic carbocycles. The third-order valence-corrected chi connectivity index (χ3v) is 3.57. The van der Waals surface area contributed by atoms with E-state index < -0.39 is 5.97 Å². The van der Waals surface area contributed by atoms with Gasteiger partial charge in [0.25, 0.3) is 5.56 Å². The summed E-state index contributed by atoms with van der Waals surface area (Å²) in [5, 5.41) is 4.30. The van der Waals surface area contributed by atoms with Gasteiger partial charge in [0.05, 0.1) is 12.3 Å². The van der Waals surface area contributed by atoms with Gasteiger partial charge in [-0.1, -0.05) is 6.07 Å². The molecule has 0 aliphatic rings. The molecule has 2 rings (SSSR count). The molecule has 22 heavy (non-hydrogen) atoms. The molecule has 0 bridgehead atoms. The van der Waals surface area contributed by atoms with Gasteiger partial charge in [-0.15, -0.1) is 0 Å². The Hall–Kier alpha value is -2.43. The van der Waals surface area contributed by atoms with Crippen molar-refractivity contribution in [3.63, 3.8) is 0 Å². The van der Waals surface area contributed by atoms with E-state index in [1.54, 1.807) is 13.0 Å². The standard InChI is InChI=1S/C17H20N2O3/c1-5-22-17(21)10-19-16(20)7-6-15(18-19)14-9-12(3)11(2)8-13(14)4/h6-9H,5,10H2,1-4H3. The van der Waals surface area contributed by atoms with Crippen LogP contribution in [0.15, 0.2) is 29.1 Å². The number of hydrogen-bond acceptors (Lipinski definition) is 4. The average molecular weight is 300 g/mol. The summed E-state index contributed by atoms with van der Waals surface area (Å²) in [6, 6.07) is 7.25. The van der Waals surface area contributed by atoms with Gasteiger partial charge < -0.3 is 4.74 Å². The molecule has 0 unspecified atom stereocenters. The van der Waals surface area contributed by atoms with Crippen molar-refractivity contribution in [1.82, 2.24) is 9.78 Å². The summed E-state index contributed by atoms with van der Waals surface area (Å²) >= 11 is 0. The second-order valence-electron chi connectivity index (χ2n) is 5.27. The van der Waals surface area contributed by atoms with Crippen LogP contribution in [0.2, 0.25) is 0 Å². The van der Waals surface area contributed by atoms with Crippen molar-refractivity contribution in [3.05, 3.63) is 51.3 Å². The Morgan fingerprint density at radius 1 is 1.14 bits per heavy atom. The fraction of sp³-hybridized carbons (Fsp3) is 0.353. The van der Waals surface area contributed by atoms with Gasteiger partial charge >= 0.3 is 5.97 Å². The molecule has 1 aromatic heterocycles. The first-order valence-electron chi connectivity index (χ1n) is 7.24. The average Bonchev–Trinajstić information content (AvgIpc) is 2.46. The summed E-state index contributed by atoms with van der Waals surface area (Å²) < 4.78 is 6.01. The molecular formula is C17H20N2O3. The van der Waals surface area contributed by atoms with Crippen LogP contribution in [0, 0.1) is 20.8 Å². The Bertz CT molecular complexity index is 763. The second-order valence-corrected chi connectivity index (χ2v) is 5.27. The van der Waals surface area contributed by atoms with Crippen molar-refractivity contribution in [1.29, 1.82) is 0 Å². The molecule has 5 heteroatoms. The van der Waals surface area contributed by atoms with E-state index in [0.29, 0.717) is 5.69 Å². The van der Waals surface area contributed by atoms with Crippen LogP contribution >= 0.6 is 0 Å². The molecule has 0 aliphatic carbocycles. The van der Waals surface area contributed by atoms with Crippen LogP contribution in [0.25, 0.3) is 11.3 Å². The monoisotopic (exact) mass is 300 g/mol. The first kappa shape index (κ1) is 15.9. The topological polar surface area (TPSA) is 61.2 Å². The van der Waals surface area contributed by atoms with E-state index in [-0.39, 0.29) is 18.7 Å². The van der Waals surface area contributed by atoms with Crippen LogP contribution in [0.3, 0.4) is 0 Å². The van der Waals surface area contributed by atoms with Crippen LogP contribution < -0.4 is 5.56 Å². The smallest absolute Gasteiger partial charge is 0.327 e. The lowest BCUT2D eigenvalue weighted by Crippen LogP contribution is -2.27. The van der Waals surface area contributed by atoms with Crippen LogP contribution in [-0.2, 0) is 16.1 Å². The first-order chi connectivity index (χ1) is 10.4. The second kappa shape index (κ2) is 6.56. The number of aromatic nitrogens is 2. The molecule has 0 N–H and O–H groups in total. The summed E-state index contributed by atoms with van der Waals surface area (Å²) in [5.74, 6) is -0.467. The fourth-order valence-corrected chi connectivity index (χ4v) is 2.27. The van der Waals surface area contributed by atoms with Gasteiger partial charge in [-0.3, -0.25) is 9.59 Å². The molecule has 0 atom stereocenters. The minimum Gasteiger partial charge on any atom is -0.465 e. The quantitative estimate of drug-likeness (QED) is 0.813. The van der Waals surface area contributed by atoms with Gasteiger partial charge in [0.2, 0.25) is 0 Å². The first-order valence-corrected chi connectivity index (χ1v) is 7.24. The van der Waals surface area contributed by atoms with Gasteiger partial charge in [-0.25, -0.2) is 4.68 Å². The zero-order valence-electron chi connectivity index (χ0n) is 13.3. The highest BCUT2D eigenvalue weighted by Crippen LogP contribution is 2.24. The Balaban J connectivity index is 2.43. The third-order valence-electron chi connectivity index (χ3n) is 3.57. The molecular weight excluding hydrogens is 280 g/mol. The van der Waals surface area contributed by atoms with E-state index in [4.69, 9.17) is 4.74 Å². The maximum absolute atomic E-state index is 11.8. The largest absolute Gasteiger partial charge is 0.465 e. The number of aryl methyl sites for hydroxylation is 3. The highest BCUT2D eigenvalue weighted by atomic mass is 16.5. The van der Waals surface area contributed by atoms with Crippen molar-refractivity contribution in [2.24, 2.45) is 0 Å². The predicted molar refractivity (Wildman–Crippen MR) is 84.8 cm³/mol. The highest BCUT2D eigenvalue weighted by molar-refractivity contribution is 5.69. The third kappa shape index (κ3) is 3.42. The summed E-state index contributed by atoms with van der Waals surface area (Å²) in [6.45, 7) is 7.93. The van der Waals surface area contributed by atoms with Crippen molar-refractivity contribution in [3.8, 4) is 11.3 Å². The number of carbonyl (C=O) groups excluding carboxylic acids is 1. The molecule has 116 valence electrons. The van der Waals surface area contributed by atoms with Gasteiger partial charge in [-0.2, -0.15) is 5.10 Å². The van der Waals surface area contributed by atoms with Crippen molar-refractivity contribution in [2.75, 3.05) is 6.61 Å². The molecule has 0 fully saturated rings. The predicted octanol–water partition coefficient (Wildman–Crippen LogP) is 2.40. The lowest BCUT2D eigenvalue weighted by Gasteiger charge is -2.11. The van der Waals surface area contributed by atoms with E-state index in [9.17, 15) is 9.59 Å². The van der Waals surface area contributed by atoms with Crippen molar-refractivity contribution in [2.45, 2.75) is 34.2 Å². The summed E-state index contributed by atoms with van der Waals surface area (Å²) in [4.78, 5) is 23.4. The van der Waals surface area contributed by atoms with E-state index in [1.807, 2.05) is 19.9 Å². The number of ether oxygens (including phenoxy) is 1. The van der Waals surface area contributed by atoms with E-state index in [1.165, 1.54) is 11.6 Å². The van der Waals surface area contributed by atoms with E-state index in [0.717, 1.165) is 21.4 Å². The number of nitrogens with zero attached hydrogens (tertiary/aromatic N) is 2. The van der Waals surface area contributed by atoms with Gasteiger partial charge in [-0.05, 0) is 56.5 Å². The van der Waals surface area contributed by atoms with Crippen LogP contribution in [0.1, 0.15) is 23.6 Å². The maximum atomic E-state index is 11.8. The number of hydrogen-bond donors (Lipinski definition) is 0. The molecule has 2 aromatic rings. The van der Waals surface area contributed by atoms with E-state index >= 15 is 0 Å². The normalized spacial score (nSPS) is 10.5. The van der Waals surface area contributed by atoms with Crippen LogP contribution in [0.5, 0.6) is 0 Å². The van der Waals surface area contributed by atoms with Crippen LogP contribution in [-0.4, -0.2) is 22.4 Å². The van der Waals surface area contributed by atoms with Crippen molar-refractivity contribution < 1.29 is 9.53 Å². The minimum absolute atomic E-state index is 0.176. The maximum Gasteiger partial charge on any atom is 0.327 e. The summed E-state index contributed by atoms with van der Waals surface area (Å²) in [7, 11) is 0. The zero-order valence-corrected chi connectivity index (χ0v) is 13.3. The number of carbonyl (C=O) groups is 1. The zero-order chi connectivity index (χ0) is 16.3. The van der Waals surface area contributed by atoms with Crippen molar-refractivity contribution >= 4 is 5.97 Å². The van der Waals surface area contributed by atoms with Gasteiger partial charge in [0.15, 0.2) is 0 Å². The number of esters is 1. The van der Waals surface area contributed by atoms with Gasteiger partial charge in [0.1, 0.15) is 6.54 Å². The summed E-state index contributed by atoms with van der Waals surface area (Å²) in [5.41, 5.74) is 4.76. The molecule has 0 amide bonds.